The van der Waals surface area contributed by atoms with E-state index in [1.807, 2.05) is 0 Å². The van der Waals surface area contributed by atoms with Gasteiger partial charge in [-0.1, -0.05) is 63.1 Å². The van der Waals surface area contributed by atoms with E-state index < -0.39 is 81.1 Å². The highest BCUT2D eigenvalue weighted by Gasteiger charge is 2.82. The van der Waals surface area contributed by atoms with Crippen LogP contribution in [0.2, 0.25) is 0 Å². The van der Waals surface area contributed by atoms with Crippen LogP contribution < -0.4 is 4.74 Å². The molecule has 4 rings (SSSR count). The topological polar surface area (TPSA) is 9.23 Å². The Kier molecular flexibility index (Phi) is 12.8. The molecule has 4 aromatic rings. The van der Waals surface area contributed by atoms with Crippen LogP contribution in [0.4, 0.5) is 70.2 Å². The van der Waals surface area contributed by atoms with Crippen LogP contribution >= 0.6 is 0 Å². The third-order valence-corrected chi connectivity index (χ3v) is 9.25. The maximum Gasteiger partial charge on any atom is 0.382 e. The smallest absolute Gasteiger partial charge is 0.382 e. The van der Waals surface area contributed by atoms with Gasteiger partial charge in [0, 0.05) is 22.3 Å². The molecule has 0 N–H and O–H groups in total. The number of unbranched alkanes of at least 4 members (excludes halogenated alkanes) is 2. The Hall–Kier alpha value is -4.44. The molecule has 0 aromatic heterocycles. The van der Waals surface area contributed by atoms with Crippen LogP contribution in [-0.2, 0) is 36.5 Å². The second-order valence-corrected chi connectivity index (χ2v) is 13.4. The molecule has 0 saturated heterocycles. The van der Waals surface area contributed by atoms with Crippen molar-refractivity contribution in [2.75, 3.05) is 0 Å². The first-order valence-corrected chi connectivity index (χ1v) is 17.3. The summed E-state index contributed by atoms with van der Waals surface area (Å²) in [6.45, 7) is 3.47. The highest BCUT2D eigenvalue weighted by molar-refractivity contribution is 5.39. The van der Waals surface area contributed by atoms with Gasteiger partial charge in [0.2, 0.25) is 0 Å². The number of halogens is 16. The van der Waals surface area contributed by atoms with Crippen molar-refractivity contribution in [2.24, 2.45) is 0 Å². The number of ether oxygens (including phenoxy) is 1. The molecule has 1 nitrogen and oxygen atoms in total. The van der Waals surface area contributed by atoms with E-state index in [0.717, 1.165) is 12.1 Å². The van der Waals surface area contributed by atoms with Gasteiger partial charge in [0.1, 0.15) is 11.5 Å². The Balaban J connectivity index is 1.53. The minimum Gasteiger partial charge on any atom is -0.457 e. The maximum atomic E-state index is 15.0. The molecule has 4 aromatic carbocycles. The molecule has 17 heteroatoms. The van der Waals surface area contributed by atoms with Gasteiger partial charge < -0.3 is 4.74 Å². The lowest BCUT2D eigenvalue weighted by Crippen LogP contribution is -2.59. The highest BCUT2D eigenvalue weighted by Crippen LogP contribution is 2.61. The Morgan fingerprint density at radius 1 is 0.368 bits per heavy atom. The summed E-state index contributed by atoms with van der Waals surface area (Å²) in [6.07, 6.45) is 2.25. The number of rotatable bonds is 18. The van der Waals surface area contributed by atoms with Gasteiger partial charge in [0.25, 0.3) is 0 Å². The molecular formula is C40H34F16O. The van der Waals surface area contributed by atoms with Crippen molar-refractivity contribution in [1.29, 1.82) is 0 Å². The molecule has 0 bridgehead atoms. The van der Waals surface area contributed by atoms with Crippen molar-refractivity contribution in [3.8, 4) is 11.5 Å². The molecule has 0 aliphatic heterocycles. The molecular weight excluding hydrogens is 800 g/mol. The van der Waals surface area contributed by atoms with Crippen LogP contribution in [0.3, 0.4) is 0 Å². The van der Waals surface area contributed by atoms with Crippen LogP contribution in [0.15, 0.2) is 97.1 Å². The van der Waals surface area contributed by atoms with Crippen LogP contribution in [0.1, 0.15) is 72.9 Å². The van der Waals surface area contributed by atoms with Gasteiger partial charge in [0.15, 0.2) is 0 Å². The molecule has 57 heavy (non-hydrogen) atoms. The van der Waals surface area contributed by atoms with Crippen LogP contribution in [-0.4, -0.2) is 23.7 Å². The van der Waals surface area contributed by atoms with E-state index in [4.69, 9.17) is 4.74 Å². The quantitative estimate of drug-likeness (QED) is 0.0908. The fourth-order valence-electron chi connectivity index (χ4n) is 5.72. The van der Waals surface area contributed by atoms with E-state index in [-0.39, 0.29) is 48.2 Å². The maximum absolute atomic E-state index is 15.0. The van der Waals surface area contributed by atoms with Crippen molar-refractivity contribution in [2.45, 2.75) is 99.8 Å². The fourth-order valence-corrected chi connectivity index (χ4v) is 5.72. The summed E-state index contributed by atoms with van der Waals surface area (Å²) in [5.41, 5.74) is -6.84. The van der Waals surface area contributed by atoms with Crippen molar-refractivity contribution in [1.82, 2.24) is 0 Å². The van der Waals surface area contributed by atoms with Crippen molar-refractivity contribution in [3.05, 3.63) is 130 Å². The molecule has 0 spiro atoms. The van der Waals surface area contributed by atoms with E-state index in [1.165, 1.54) is 12.1 Å². The van der Waals surface area contributed by atoms with E-state index >= 15 is 17.6 Å². The van der Waals surface area contributed by atoms with Crippen LogP contribution in [0.5, 0.6) is 11.5 Å². The largest absolute Gasteiger partial charge is 0.457 e. The summed E-state index contributed by atoms with van der Waals surface area (Å²) in [4.78, 5) is 0. The average Bonchev–Trinajstić information content (AvgIpc) is 3.16. The van der Waals surface area contributed by atoms with Crippen molar-refractivity contribution in [3.63, 3.8) is 0 Å². The van der Waals surface area contributed by atoms with Crippen LogP contribution in [0, 0.1) is 0 Å². The number of hydrogen-bond donors (Lipinski definition) is 0. The second-order valence-electron chi connectivity index (χ2n) is 13.4. The lowest BCUT2D eigenvalue weighted by atomic mass is 9.89. The zero-order chi connectivity index (χ0) is 42.9. The average molecular weight is 835 g/mol. The molecule has 0 radical (unpaired) electrons. The monoisotopic (exact) mass is 834 g/mol. The summed E-state index contributed by atoms with van der Waals surface area (Å²) in [5.74, 6) is -51.3. The Labute approximate surface area is 316 Å². The van der Waals surface area contributed by atoms with Crippen molar-refractivity contribution >= 4 is 0 Å². The van der Waals surface area contributed by atoms with Gasteiger partial charge in [-0.05, 0) is 97.5 Å². The molecule has 0 aliphatic rings. The molecule has 312 valence electrons. The minimum atomic E-state index is -6.70. The SMILES string of the molecule is CCCCc1cccc(C(F)(F)C(F)(F)C(F)(F)C(F)(F)c2ccc(Oc3ccc(C(F)(F)C(F)(F)C(F)(F)C(F)(F)c4cccc(CCCC)c4)cc3)cc2)c1. The van der Waals surface area contributed by atoms with E-state index in [9.17, 15) is 52.7 Å². The molecule has 0 saturated carbocycles. The van der Waals surface area contributed by atoms with Gasteiger partial charge in [0.05, 0.1) is 0 Å². The predicted molar refractivity (Wildman–Crippen MR) is 178 cm³/mol. The van der Waals surface area contributed by atoms with Crippen LogP contribution in [0.25, 0.3) is 0 Å². The first-order chi connectivity index (χ1) is 26.2. The summed E-state index contributed by atoms with van der Waals surface area (Å²) in [5, 5.41) is 0. The second kappa shape index (κ2) is 16.1. The number of hydrogen-bond acceptors (Lipinski definition) is 1. The Morgan fingerprint density at radius 3 is 0.930 bits per heavy atom. The Morgan fingerprint density at radius 2 is 0.649 bits per heavy atom. The molecule has 0 fully saturated rings. The zero-order valence-corrected chi connectivity index (χ0v) is 29.9. The molecule has 0 heterocycles. The van der Waals surface area contributed by atoms with Gasteiger partial charge in [-0.3, -0.25) is 0 Å². The third kappa shape index (κ3) is 8.03. The molecule has 0 unspecified atom stereocenters. The molecule has 0 aliphatic carbocycles. The van der Waals surface area contributed by atoms with E-state index in [2.05, 4.69) is 0 Å². The fraction of sp³-hybridized carbons (Fsp3) is 0.400. The first kappa shape index (κ1) is 45.3. The number of benzene rings is 4. The van der Waals surface area contributed by atoms with Gasteiger partial charge in [-0.15, -0.1) is 0 Å². The van der Waals surface area contributed by atoms with Gasteiger partial charge in [-0.2, -0.15) is 70.2 Å². The standard InChI is InChI=1S/C40H34F16O/c1-3-5-9-25-11-7-13-29(23-25)35(45,46)39(53,54)37(49,50)33(41,42)27-15-19-31(20-16-27)57-32-21-17-28(18-22-32)34(43,44)38(51,52)40(55,56)36(47,48)30-14-8-12-26(24-30)10-6-4-2/h7-8,11-24H,3-6,9-10H2,1-2H3. The minimum absolute atomic E-state index is 0.0814. The third-order valence-electron chi connectivity index (χ3n) is 9.25. The normalized spacial score (nSPS) is 13.9. The molecule has 0 atom stereocenters. The molecule has 0 amide bonds. The lowest BCUT2D eigenvalue weighted by Gasteiger charge is -2.37. The Bertz CT molecular complexity index is 1810. The summed E-state index contributed by atoms with van der Waals surface area (Å²) in [7, 11) is 0. The van der Waals surface area contributed by atoms with E-state index in [0.29, 0.717) is 74.2 Å². The number of alkyl halides is 16. The predicted octanol–water partition coefficient (Wildman–Crippen LogP) is 14.5. The summed E-state index contributed by atoms with van der Waals surface area (Å²) >= 11 is 0. The van der Waals surface area contributed by atoms with E-state index in [1.54, 1.807) is 13.8 Å². The number of aryl methyl sites for hydroxylation is 2. The van der Waals surface area contributed by atoms with Crippen molar-refractivity contribution < 1.29 is 75.0 Å². The zero-order valence-electron chi connectivity index (χ0n) is 29.9. The highest BCUT2D eigenvalue weighted by atomic mass is 19.4. The van der Waals surface area contributed by atoms with Gasteiger partial charge in [-0.25, -0.2) is 0 Å². The van der Waals surface area contributed by atoms with Gasteiger partial charge >= 0.3 is 47.4 Å². The summed E-state index contributed by atoms with van der Waals surface area (Å²) < 4.78 is 244. The lowest BCUT2D eigenvalue weighted by molar-refractivity contribution is -0.374. The summed E-state index contributed by atoms with van der Waals surface area (Å²) in [6, 6.07) is 8.42. The first-order valence-electron chi connectivity index (χ1n) is 17.3.